The van der Waals surface area contributed by atoms with Crippen molar-refractivity contribution in [3.63, 3.8) is 0 Å². The zero-order valence-electron chi connectivity index (χ0n) is 9.77. The predicted molar refractivity (Wildman–Crippen MR) is 63.7 cm³/mol. The van der Waals surface area contributed by atoms with E-state index in [0.717, 1.165) is 16.5 Å². The second kappa shape index (κ2) is 3.09. The number of nitrogens with one attached hydrogen (secondary N) is 1. The molecule has 1 aliphatic carbocycles. The van der Waals surface area contributed by atoms with Gasteiger partial charge in [-0.3, -0.25) is 9.89 Å². The van der Waals surface area contributed by atoms with Crippen molar-refractivity contribution < 1.29 is 9.90 Å². The fourth-order valence-corrected chi connectivity index (χ4v) is 2.93. The zero-order chi connectivity index (χ0) is 12.2. The van der Waals surface area contributed by atoms with Crippen LogP contribution in [0.25, 0.3) is 10.9 Å². The number of hydrogen-bond acceptors (Lipinski definition) is 2. The summed E-state index contributed by atoms with van der Waals surface area (Å²) in [5.41, 5.74) is 1.86. The first-order valence-corrected chi connectivity index (χ1v) is 5.68. The first kappa shape index (κ1) is 10.3. The highest BCUT2D eigenvalue weighted by atomic mass is 16.4. The van der Waals surface area contributed by atoms with Crippen molar-refractivity contribution in [1.29, 1.82) is 0 Å². The molecule has 0 bridgehead atoms. The Morgan fingerprint density at radius 3 is 2.88 bits per heavy atom. The Balaban J connectivity index is 2.12. The van der Waals surface area contributed by atoms with Crippen LogP contribution < -0.4 is 0 Å². The monoisotopic (exact) mass is 230 g/mol. The molecule has 1 aliphatic rings. The summed E-state index contributed by atoms with van der Waals surface area (Å²) in [6.07, 6.45) is 1.77. The molecule has 2 atom stereocenters. The van der Waals surface area contributed by atoms with Crippen LogP contribution in [-0.2, 0) is 4.79 Å². The average molecular weight is 230 g/mol. The zero-order valence-corrected chi connectivity index (χ0v) is 9.77. The van der Waals surface area contributed by atoms with Crippen molar-refractivity contribution in [3.8, 4) is 0 Å². The predicted octanol–water partition coefficient (Wildman–Crippen LogP) is 2.39. The molecular weight excluding hydrogens is 216 g/mol. The Bertz CT molecular complexity index is 600. The van der Waals surface area contributed by atoms with Crippen LogP contribution >= 0.6 is 0 Å². The highest BCUT2D eigenvalue weighted by molar-refractivity contribution is 5.85. The van der Waals surface area contributed by atoms with Gasteiger partial charge < -0.3 is 5.11 Å². The molecule has 0 saturated heterocycles. The number of aromatic nitrogens is 2. The Labute approximate surface area is 98.6 Å². The highest BCUT2D eigenvalue weighted by Crippen LogP contribution is 2.65. The molecule has 1 fully saturated rings. The highest BCUT2D eigenvalue weighted by Gasteiger charge is 2.63. The molecule has 2 N–H and O–H groups in total. The smallest absolute Gasteiger partial charge is 0.307 e. The maximum atomic E-state index is 11.2. The summed E-state index contributed by atoms with van der Waals surface area (Å²) in [6, 6.07) is 5.93. The molecule has 4 nitrogen and oxygen atoms in total. The first-order valence-electron chi connectivity index (χ1n) is 5.68. The van der Waals surface area contributed by atoms with E-state index in [0.29, 0.717) is 0 Å². The maximum Gasteiger partial charge on any atom is 0.307 e. The summed E-state index contributed by atoms with van der Waals surface area (Å²) in [5, 5.41) is 17.2. The number of benzene rings is 1. The largest absolute Gasteiger partial charge is 0.481 e. The molecule has 0 aliphatic heterocycles. The van der Waals surface area contributed by atoms with Gasteiger partial charge in [0.1, 0.15) is 0 Å². The van der Waals surface area contributed by atoms with E-state index < -0.39 is 5.97 Å². The van der Waals surface area contributed by atoms with Gasteiger partial charge in [0.25, 0.3) is 0 Å². The average Bonchev–Trinajstić information content (AvgIpc) is 2.65. The summed E-state index contributed by atoms with van der Waals surface area (Å²) in [5.74, 6) is -0.933. The van der Waals surface area contributed by atoms with Crippen LogP contribution in [0, 0.1) is 11.3 Å². The van der Waals surface area contributed by atoms with Crippen LogP contribution in [0.15, 0.2) is 24.4 Å². The lowest BCUT2D eigenvalue weighted by atomic mass is 10.0. The quantitative estimate of drug-likeness (QED) is 0.832. The first-order chi connectivity index (χ1) is 8.03. The van der Waals surface area contributed by atoms with Crippen molar-refractivity contribution >= 4 is 16.9 Å². The molecule has 0 radical (unpaired) electrons. The van der Waals surface area contributed by atoms with Crippen LogP contribution in [0.3, 0.4) is 0 Å². The molecular formula is C13H14N2O2. The molecule has 1 aromatic carbocycles. The summed E-state index contributed by atoms with van der Waals surface area (Å²) in [7, 11) is 0. The summed E-state index contributed by atoms with van der Waals surface area (Å²) in [6.45, 7) is 4.01. The molecule has 0 spiro atoms. The molecule has 0 amide bonds. The van der Waals surface area contributed by atoms with Gasteiger partial charge in [0.15, 0.2) is 0 Å². The number of H-pyrrole nitrogens is 1. The fraction of sp³-hybridized carbons (Fsp3) is 0.385. The molecule has 88 valence electrons. The van der Waals surface area contributed by atoms with Crippen molar-refractivity contribution in [3.05, 3.63) is 30.0 Å². The minimum atomic E-state index is -0.712. The van der Waals surface area contributed by atoms with Crippen molar-refractivity contribution in [1.82, 2.24) is 10.2 Å². The lowest BCUT2D eigenvalue weighted by Crippen LogP contribution is -2.03. The third-order valence-corrected chi connectivity index (χ3v) is 3.94. The van der Waals surface area contributed by atoms with Crippen LogP contribution in [0.5, 0.6) is 0 Å². The van der Waals surface area contributed by atoms with Crippen molar-refractivity contribution in [2.45, 2.75) is 19.8 Å². The van der Waals surface area contributed by atoms with E-state index in [9.17, 15) is 9.90 Å². The van der Waals surface area contributed by atoms with Gasteiger partial charge in [-0.2, -0.15) is 5.10 Å². The van der Waals surface area contributed by atoms with Crippen LogP contribution in [0.2, 0.25) is 0 Å². The maximum absolute atomic E-state index is 11.2. The lowest BCUT2D eigenvalue weighted by Gasteiger charge is -2.03. The van der Waals surface area contributed by atoms with Gasteiger partial charge in [0, 0.05) is 11.3 Å². The van der Waals surface area contributed by atoms with Crippen molar-refractivity contribution in [2.75, 3.05) is 0 Å². The number of carboxylic acid groups (broad SMARTS) is 1. The van der Waals surface area contributed by atoms with Gasteiger partial charge in [0.05, 0.1) is 17.6 Å². The number of aromatic amines is 1. The number of fused-ring (bicyclic) bond motifs is 1. The molecule has 3 rings (SSSR count). The SMILES string of the molecule is CC1(C)[C@H](C(=O)O)[C@H]1c1cccc2cn[nH]c12. The van der Waals surface area contributed by atoms with Gasteiger partial charge in [-0.1, -0.05) is 32.0 Å². The van der Waals surface area contributed by atoms with Gasteiger partial charge in [-0.05, 0) is 11.0 Å². The summed E-state index contributed by atoms with van der Waals surface area (Å²) >= 11 is 0. The van der Waals surface area contributed by atoms with E-state index in [1.807, 2.05) is 32.0 Å². The Morgan fingerprint density at radius 1 is 1.47 bits per heavy atom. The molecule has 17 heavy (non-hydrogen) atoms. The Hall–Kier alpha value is -1.84. The third-order valence-electron chi connectivity index (χ3n) is 3.94. The van der Waals surface area contributed by atoms with Gasteiger partial charge >= 0.3 is 5.97 Å². The second-order valence-corrected chi connectivity index (χ2v) is 5.30. The topological polar surface area (TPSA) is 66.0 Å². The molecule has 1 heterocycles. The van der Waals surface area contributed by atoms with Crippen LogP contribution in [-0.4, -0.2) is 21.3 Å². The fourth-order valence-electron chi connectivity index (χ4n) is 2.93. The number of carboxylic acids is 1. The number of carbonyl (C=O) groups is 1. The molecule has 2 aromatic rings. The van der Waals surface area contributed by atoms with E-state index in [1.54, 1.807) is 6.20 Å². The van der Waals surface area contributed by atoms with Gasteiger partial charge in [-0.15, -0.1) is 0 Å². The third kappa shape index (κ3) is 1.30. The minimum Gasteiger partial charge on any atom is -0.481 e. The molecule has 0 unspecified atom stereocenters. The van der Waals surface area contributed by atoms with Crippen LogP contribution in [0.4, 0.5) is 0 Å². The van der Waals surface area contributed by atoms with Gasteiger partial charge in [0.2, 0.25) is 0 Å². The second-order valence-electron chi connectivity index (χ2n) is 5.30. The Kier molecular flexibility index (Phi) is 1.88. The van der Waals surface area contributed by atoms with Gasteiger partial charge in [-0.25, -0.2) is 0 Å². The van der Waals surface area contributed by atoms with E-state index in [1.165, 1.54) is 0 Å². The van der Waals surface area contributed by atoms with Crippen molar-refractivity contribution in [2.24, 2.45) is 11.3 Å². The number of hydrogen-bond donors (Lipinski definition) is 2. The standard InChI is InChI=1S/C13H14N2O2/c1-13(2)9(10(13)12(16)17)8-5-3-4-7-6-14-15-11(7)8/h3-6,9-10H,1-2H3,(H,14,15)(H,16,17)/t9-,10+/m1/s1. The van der Waals surface area contributed by atoms with E-state index in [2.05, 4.69) is 10.2 Å². The minimum absolute atomic E-state index is 0.0733. The summed E-state index contributed by atoms with van der Waals surface area (Å²) < 4.78 is 0. The molecule has 1 aromatic heterocycles. The van der Waals surface area contributed by atoms with E-state index in [-0.39, 0.29) is 17.3 Å². The van der Waals surface area contributed by atoms with Crippen LogP contribution in [0.1, 0.15) is 25.3 Å². The molecule has 4 heteroatoms. The van der Waals surface area contributed by atoms with E-state index >= 15 is 0 Å². The number of nitrogens with zero attached hydrogens (tertiary/aromatic N) is 1. The number of aliphatic carboxylic acids is 1. The van der Waals surface area contributed by atoms with E-state index in [4.69, 9.17) is 0 Å². The number of para-hydroxylation sites is 1. The Morgan fingerprint density at radius 2 is 2.24 bits per heavy atom. The lowest BCUT2D eigenvalue weighted by molar-refractivity contribution is -0.139. The molecule has 1 saturated carbocycles. The number of rotatable bonds is 2. The normalized spacial score (nSPS) is 26.0. The summed E-state index contributed by atoms with van der Waals surface area (Å²) in [4.78, 5) is 11.2.